The zero-order valence-corrected chi connectivity index (χ0v) is 12.4. The average Bonchev–Trinajstić information content (AvgIpc) is 2.46. The predicted octanol–water partition coefficient (Wildman–Crippen LogP) is 2.30. The highest BCUT2D eigenvalue weighted by Crippen LogP contribution is 2.21. The summed E-state index contributed by atoms with van der Waals surface area (Å²) >= 11 is 6.61. The van der Waals surface area contributed by atoms with Gasteiger partial charge in [-0.3, -0.25) is 4.79 Å². The molecule has 2 rings (SSSR count). The van der Waals surface area contributed by atoms with E-state index in [0.717, 1.165) is 24.3 Å². The Bertz CT molecular complexity index is 450. The molecule has 2 N–H and O–H groups in total. The van der Waals surface area contributed by atoms with Gasteiger partial charge in [-0.05, 0) is 25.0 Å². The maximum Gasteiger partial charge on any atom is 0.232 e. The molecule has 0 spiro atoms. The summed E-state index contributed by atoms with van der Waals surface area (Å²) in [6.45, 7) is 1.51. The van der Waals surface area contributed by atoms with E-state index < -0.39 is 0 Å². The maximum absolute atomic E-state index is 12.2. The maximum atomic E-state index is 12.2. The van der Waals surface area contributed by atoms with Crippen molar-refractivity contribution in [1.82, 2.24) is 4.90 Å². The average molecular weight is 294 g/mol. The number of carbonyl (C=O) groups excluding carboxylic acids is 1. The van der Waals surface area contributed by atoms with Crippen LogP contribution in [0.1, 0.15) is 12.8 Å². The molecular weight excluding hydrogens is 276 g/mol. The van der Waals surface area contributed by atoms with Crippen molar-refractivity contribution in [2.24, 2.45) is 11.7 Å². The third kappa shape index (κ3) is 4.21. The molecule has 0 aliphatic carbocycles. The van der Waals surface area contributed by atoms with Gasteiger partial charge in [0, 0.05) is 23.9 Å². The first kappa shape index (κ1) is 14.3. The van der Waals surface area contributed by atoms with E-state index in [1.165, 1.54) is 0 Å². The molecule has 1 aliphatic heterocycles. The summed E-state index contributed by atoms with van der Waals surface area (Å²) in [4.78, 5) is 15.7. The number of benzene rings is 1. The number of rotatable bonds is 4. The summed E-state index contributed by atoms with van der Waals surface area (Å²) in [7, 11) is 0. The Balaban J connectivity index is 1.84. The van der Waals surface area contributed by atoms with Gasteiger partial charge < -0.3 is 10.6 Å². The summed E-state index contributed by atoms with van der Waals surface area (Å²) in [6, 6.07) is 9.98. The SMILES string of the molecule is NC(=S)C1CCCN(C(=O)CSc2ccccc2)C1. The molecule has 3 nitrogen and oxygen atoms in total. The van der Waals surface area contributed by atoms with Crippen LogP contribution in [0.2, 0.25) is 0 Å². The fourth-order valence-electron chi connectivity index (χ4n) is 2.19. The van der Waals surface area contributed by atoms with Gasteiger partial charge in [-0.2, -0.15) is 0 Å². The van der Waals surface area contributed by atoms with E-state index in [9.17, 15) is 4.79 Å². The molecule has 19 heavy (non-hydrogen) atoms. The minimum Gasteiger partial charge on any atom is -0.393 e. The van der Waals surface area contributed by atoms with Gasteiger partial charge >= 0.3 is 0 Å². The predicted molar refractivity (Wildman–Crippen MR) is 83.3 cm³/mol. The molecule has 0 saturated carbocycles. The Morgan fingerprint density at radius 1 is 1.42 bits per heavy atom. The largest absolute Gasteiger partial charge is 0.393 e. The van der Waals surface area contributed by atoms with Gasteiger partial charge in [-0.1, -0.05) is 30.4 Å². The molecule has 1 unspecified atom stereocenters. The summed E-state index contributed by atoms with van der Waals surface area (Å²) < 4.78 is 0. The lowest BCUT2D eigenvalue weighted by atomic mass is 9.98. The second-order valence-corrected chi connectivity index (χ2v) is 6.20. The molecule has 1 aromatic rings. The molecule has 1 saturated heterocycles. The number of piperidine rings is 1. The summed E-state index contributed by atoms with van der Waals surface area (Å²) in [5.74, 6) is 0.845. The second kappa shape index (κ2) is 6.91. The fraction of sp³-hybridized carbons (Fsp3) is 0.429. The van der Waals surface area contributed by atoms with Gasteiger partial charge in [0.25, 0.3) is 0 Å². The van der Waals surface area contributed by atoms with Crippen molar-refractivity contribution in [2.45, 2.75) is 17.7 Å². The number of thiocarbonyl (C=S) groups is 1. The van der Waals surface area contributed by atoms with Crippen molar-refractivity contribution in [1.29, 1.82) is 0 Å². The van der Waals surface area contributed by atoms with Crippen molar-refractivity contribution in [3.63, 3.8) is 0 Å². The number of hydrogen-bond acceptors (Lipinski definition) is 3. The Hall–Kier alpha value is -1.07. The van der Waals surface area contributed by atoms with Crippen molar-refractivity contribution in [3.05, 3.63) is 30.3 Å². The molecule has 1 aromatic carbocycles. The van der Waals surface area contributed by atoms with Gasteiger partial charge in [0.2, 0.25) is 5.91 Å². The van der Waals surface area contributed by atoms with Gasteiger partial charge in [0.15, 0.2) is 0 Å². The van der Waals surface area contributed by atoms with Crippen molar-refractivity contribution < 1.29 is 4.79 Å². The molecule has 1 fully saturated rings. The van der Waals surface area contributed by atoms with E-state index in [1.54, 1.807) is 11.8 Å². The third-order valence-corrected chi connectivity index (χ3v) is 4.61. The quantitative estimate of drug-likeness (QED) is 0.684. The topological polar surface area (TPSA) is 46.3 Å². The standard InChI is InChI=1S/C14H18N2OS2/c15-14(18)11-5-4-8-16(9-11)13(17)10-19-12-6-2-1-3-7-12/h1-3,6-7,11H,4-5,8-10H2,(H2,15,18). The number of carbonyl (C=O) groups is 1. The van der Waals surface area contributed by atoms with Crippen LogP contribution in [0.15, 0.2) is 35.2 Å². The van der Waals surface area contributed by atoms with E-state index in [-0.39, 0.29) is 11.8 Å². The monoisotopic (exact) mass is 294 g/mol. The van der Waals surface area contributed by atoms with Crippen LogP contribution < -0.4 is 5.73 Å². The van der Waals surface area contributed by atoms with Gasteiger partial charge in [0.1, 0.15) is 0 Å². The van der Waals surface area contributed by atoms with Crippen molar-refractivity contribution >= 4 is 34.9 Å². The Morgan fingerprint density at radius 2 is 2.16 bits per heavy atom. The number of nitrogens with zero attached hydrogens (tertiary/aromatic N) is 1. The lowest BCUT2D eigenvalue weighted by Gasteiger charge is -2.32. The van der Waals surface area contributed by atoms with Crippen LogP contribution in [0, 0.1) is 5.92 Å². The van der Waals surface area contributed by atoms with E-state index in [2.05, 4.69) is 0 Å². The highest BCUT2D eigenvalue weighted by molar-refractivity contribution is 8.00. The smallest absolute Gasteiger partial charge is 0.232 e. The Kier molecular flexibility index (Phi) is 5.22. The molecule has 0 aromatic heterocycles. The minimum atomic E-state index is 0.176. The zero-order valence-electron chi connectivity index (χ0n) is 10.7. The van der Waals surface area contributed by atoms with Crippen LogP contribution in [-0.4, -0.2) is 34.6 Å². The molecule has 5 heteroatoms. The summed E-state index contributed by atoms with van der Waals surface area (Å²) in [5.41, 5.74) is 5.68. The van der Waals surface area contributed by atoms with Crippen LogP contribution in [-0.2, 0) is 4.79 Å². The Labute approximate surface area is 123 Å². The minimum absolute atomic E-state index is 0.176. The third-order valence-electron chi connectivity index (χ3n) is 3.28. The normalized spacial score (nSPS) is 19.2. The van der Waals surface area contributed by atoms with Crippen molar-refractivity contribution in [3.8, 4) is 0 Å². The highest BCUT2D eigenvalue weighted by atomic mass is 32.2. The van der Waals surface area contributed by atoms with E-state index >= 15 is 0 Å². The van der Waals surface area contributed by atoms with E-state index in [4.69, 9.17) is 18.0 Å². The van der Waals surface area contributed by atoms with Gasteiger partial charge in [-0.15, -0.1) is 11.8 Å². The molecular formula is C14H18N2OS2. The highest BCUT2D eigenvalue weighted by Gasteiger charge is 2.24. The number of amides is 1. The zero-order chi connectivity index (χ0) is 13.7. The van der Waals surface area contributed by atoms with Gasteiger partial charge in [0.05, 0.1) is 10.7 Å². The lowest BCUT2D eigenvalue weighted by Crippen LogP contribution is -2.44. The first-order valence-electron chi connectivity index (χ1n) is 6.42. The molecule has 1 heterocycles. The van der Waals surface area contributed by atoms with Crippen LogP contribution in [0.25, 0.3) is 0 Å². The van der Waals surface area contributed by atoms with Crippen LogP contribution in [0.4, 0.5) is 0 Å². The number of thioether (sulfide) groups is 1. The van der Waals surface area contributed by atoms with Crippen LogP contribution in [0.5, 0.6) is 0 Å². The first-order chi connectivity index (χ1) is 9.16. The number of nitrogens with two attached hydrogens (primary N) is 1. The molecule has 1 atom stereocenters. The molecule has 0 bridgehead atoms. The summed E-state index contributed by atoms with van der Waals surface area (Å²) in [5, 5.41) is 0. The van der Waals surface area contributed by atoms with E-state index in [1.807, 2.05) is 35.2 Å². The van der Waals surface area contributed by atoms with Crippen LogP contribution >= 0.6 is 24.0 Å². The molecule has 1 aliphatic rings. The lowest BCUT2D eigenvalue weighted by molar-refractivity contribution is -0.129. The Morgan fingerprint density at radius 3 is 2.84 bits per heavy atom. The molecule has 0 radical (unpaired) electrons. The molecule has 1 amide bonds. The summed E-state index contributed by atoms with van der Waals surface area (Å²) in [6.07, 6.45) is 1.99. The molecule has 102 valence electrons. The number of likely N-dealkylation sites (tertiary alicyclic amines) is 1. The van der Waals surface area contributed by atoms with Crippen LogP contribution in [0.3, 0.4) is 0 Å². The number of hydrogen-bond donors (Lipinski definition) is 1. The van der Waals surface area contributed by atoms with E-state index in [0.29, 0.717) is 17.3 Å². The fourth-order valence-corrected chi connectivity index (χ4v) is 3.20. The second-order valence-electron chi connectivity index (χ2n) is 4.68. The first-order valence-corrected chi connectivity index (χ1v) is 7.81. The van der Waals surface area contributed by atoms with Crippen molar-refractivity contribution in [2.75, 3.05) is 18.8 Å². The van der Waals surface area contributed by atoms with Gasteiger partial charge in [-0.25, -0.2) is 0 Å².